The highest BCUT2D eigenvalue weighted by Gasteiger charge is 2.10. The van der Waals surface area contributed by atoms with E-state index in [9.17, 15) is 19.1 Å². The van der Waals surface area contributed by atoms with Crippen molar-refractivity contribution in [2.45, 2.75) is 0 Å². The first-order valence-corrected chi connectivity index (χ1v) is 5.25. The predicted octanol–water partition coefficient (Wildman–Crippen LogP) is 1.05. The van der Waals surface area contributed by atoms with Crippen LogP contribution in [0.1, 0.15) is 10.4 Å². The summed E-state index contributed by atoms with van der Waals surface area (Å²) < 4.78 is 13.0. The third kappa shape index (κ3) is 2.89. The number of halogens is 1. The second-order valence-electron chi connectivity index (χ2n) is 3.80. The quantitative estimate of drug-likeness (QED) is 0.607. The lowest BCUT2D eigenvalue weighted by Crippen LogP contribution is -2.16. The lowest BCUT2D eigenvalue weighted by Gasteiger charge is -2.08. The minimum atomic E-state index is -0.682. The second-order valence-corrected chi connectivity index (χ2v) is 3.80. The molecule has 0 spiro atoms. The van der Waals surface area contributed by atoms with E-state index in [0.29, 0.717) is 0 Å². The normalized spacial score (nSPS) is 10.2. The highest BCUT2D eigenvalue weighted by molar-refractivity contribution is 6.05. The Morgan fingerprint density at radius 2 is 2.05 bits per heavy atom. The van der Waals surface area contributed by atoms with Gasteiger partial charge in [-0.25, -0.2) is 4.39 Å². The summed E-state index contributed by atoms with van der Waals surface area (Å²) >= 11 is 0. The van der Waals surface area contributed by atoms with Crippen LogP contribution in [0.4, 0.5) is 15.8 Å². The molecule has 0 aliphatic heterocycles. The fourth-order valence-electron chi connectivity index (χ4n) is 1.49. The van der Waals surface area contributed by atoms with Gasteiger partial charge in [-0.1, -0.05) is 0 Å². The Morgan fingerprint density at radius 3 is 2.74 bits per heavy atom. The van der Waals surface area contributed by atoms with E-state index in [2.05, 4.69) is 10.3 Å². The Bertz CT molecular complexity index is 697. The van der Waals surface area contributed by atoms with Crippen LogP contribution in [-0.2, 0) is 0 Å². The summed E-state index contributed by atoms with van der Waals surface area (Å²) in [6.45, 7) is 0. The zero-order valence-electron chi connectivity index (χ0n) is 9.61. The van der Waals surface area contributed by atoms with Crippen LogP contribution in [0.5, 0.6) is 5.88 Å². The molecule has 0 unspecified atom stereocenters. The molecule has 1 amide bonds. The number of amides is 1. The number of nitrogens with one attached hydrogen (secondary N) is 2. The van der Waals surface area contributed by atoms with E-state index in [0.717, 1.165) is 24.3 Å². The maximum Gasteiger partial charge on any atom is 0.256 e. The number of aromatic nitrogens is 1. The van der Waals surface area contributed by atoms with E-state index in [-0.39, 0.29) is 16.9 Å². The van der Waals surface area contributed by atoms with E-state index < -0.39 is 23.2 Å². The summed E-state index contributed by atoms with van der Waals surface area (Å²) in [5, 5.41) is 11.5. The molecular formula is C12H10FN3O3. The molecule has 2 aromatic rings. The van der Waals surface area contributed by atoms with E-state index in [4.69, 9.17) is 5.73 Å². The van der Waals surface area contributed by atoms with Crippen LogP contribution in [0.25, 0.3) is 0 Å². The Balaban J connectivity index is 2.30. The van der Waals surface area contributed by atoms with Crippen molar-refractivity contribution in [1.82, 2.24) is 4.98 Å². The van der Waals surface area contributed by atoms with Crippen LogP contribution in [0.3, 0.4) is 0 Å². The van der Waals surface area contributed by atoms with Crippen LogP contribution < -0.4 is 16.6 Å². The summed E-state index contributed by atoms with van der Waals surface area (Å²) in [6.07, 6.45) is 0. The van der Waals surface area contributed by atoms with Crippen molar-refractivity contribution in [2.75, 3.05) is 11.1 Å². The lowest BCUT2D eigenvalue weighted by atomic mass is 10.2. The minimum Gasteiger partial charge on any atom is -0.494 e. The maximum atomic E-state index is 13.0. The van der Waals surface area contributed by atoms with Crippen molar-refractivity contribution in [3.8, 4) is 5.88 Å². The first kappa shape index (κ1) is 12.6. The number of nitrogens with two attached hydrogens (primary N) is 1. The molecule has 6 nitrogen and oxygen atoms in total. The van der Waals surface area contributed by atoms with Crippen LogP contribution in [0, 0.1) is 5.82 Å². The van der Waals surface area contributed by atoms with E-state index >= 15 is 0 Å². The third-order valence-electron chi connectivity index (χ3n) is 2.36. The molecular weight excluding hydrogens is 253 g/mol. The number of hydrogen-bond acceptors (Lipinski definition) is 4. The van der Waals surface area contributed by atoms with Crippen molar-refractivity contribution >= 4 is 17.3 Å². The van der Waals surface area contributed by atoms with Gasteiger partial charge in [0.15, 0.2) is 5.88 Å². The highest BCUT2D eigenvalue weighted by Crippen LogP contribution is 2.20. The number of H-pyrrole nitrogens is 1. The molecule has 1 aromatic heterocycles. The van der Waals surface area contributed by atoms with Gasteiger partial charge in [-0.05, 0) is 18.2 Å². The topological polar surface area (TPSA) is 108 Å². The lowest BCUT2D eigenvalue weighted by molar-refractivity contribution is 0.102. The smallest absolute Gasteiger partial charge is 0.256 e. The van der Waals surface area contributed by atoms with Gasteiger partial charge in [-0.15, -0.1) is 0 Å². The standard InChI is InChI=1S/C12H10FN3O3/c13-7-1-2-8(14)9(5-7)15-12(19)6-3-10(17)16-11(18)4-6/h1-5H,14H2,(H,15,19)(H2,16,17,18). The van der Waals surface area contributed by atoms with Gasteiger partial charge in [-0.2, -0.15) is 0 Å². The van der Waals surface area contributed by atoms with Gasteiger partial charge < -0.3 is 16.2 Å². The highest BCUT2D eigenvalue weighted by atomic mass is 19.1. The monoisotopic (exact) mass is 263 g/mol. The van der Waals surface area contributed by atoms with Gasteiger partial charge >= 0.3 is 0 Å². The van der Waals surface area contributed by atoms with Gasteiger partial charge in [0.2, 0.25) is 0 Å². The average Bonchev–Trinajstić information content (AvgIpc) is 2.32. The number of aromatic hydroxyl groups is 1. The summed E-state index contributed by atoms with van der Waals surface area (Å²) in [5.74, 6) is -1.68. The molecule has 7 heteroatoms. The molecule has 0 bridgehead atoms. The van der Waals surface area contributed by atoms with Gasteiger partial charge in [0.05, 0.1) is 16.9 Å². The summed E-state index contributed by atoms with van der Waals surface area (Å²) in [7, 11) is 0. The zero-order chi connectivity index (χ0) is 14.0. The number of nitrogen functional groups attached to an aromatic ring is 1. The van der Waals surface area contributed by atoms with Crippen molar-refractivity contribution in [3.05, 3.63) is 52.1 Å². The molecule has 0 atom stereocenters. The maximum absolute atomic E-state index is 13.0. The molecule has 0 fully saturated rings. The molecule has 1 aromatic carbocycles. The summed E-state index contributed by atoms with van der Waals surface area (Å²) in [6, 6.07) is 5.60. The first-order chi connectivity index (χ1) is 8.95. The average molecular weight is 263 g/mol. The molecule has 0 radical (unpaired) electrons. The number of pyridine rings is 1. The van der Waals surface area contributed by atoms with Crippen molar-refractivity contribution in [1.29, 1.82) is 0 Å². The van der Waals surface area contributed by atoms with Crippen LogP contribution in [0.15, 0.2) is 35.1 Å². The van der Waals surface area contributed by atoms with Crippen molar-refractivity contribution in [3.63, 3.8) is 0 Å². The van der Waals surface area contributed by atoms with Crippen LogP contribution in [-0.4, -0.2) is 16.0 Å². The predicted molar refractivity (Wildman–Crippen MR) is 67.5 cm³/mol. The number of anilines is 2. The van der Waals surface area contributed by atoms with Gasteiger partial charge in [0, 0.05) is 12.1 Å². The van der Waals surface area contributed by atoms with E-state index in [1.807, 2.05) is 0 Å². The van der Waals surface area contributed by atoms with E-state index in [1.54, 1.807) is 0 Å². The molecule has 5 N–H and O–H groups in total. The minimum absolute atomic E-state index is 0.0649. The molecule has 19 heavy (non-hydrogen) atoms. The number of aromatic amines is 1. The summed E-state index contributed by atoms with van der Waals surface area (Å²) in [5.41, 5.74) is 5.16. The van der Waals surface area contributed by atoms with Crippen LogP contribution in [0.2, 0.25) is 0 Å². The molecule has 98 valence electrons. The van der Waals surface area contributed by atoms with Gasteiger partial charge in [0.1, 0.15) is 5.82 Å². The van der Waals surface area contributed by atoms with E-state index in [1.165, 1.54) is 6.07 Å². The fraction of sp³-hybridized carbons (Fsp3) is 0. The van der Waals surface area contributed by atoms with Crippen molar-refractivity contribution < 1.29 is 14.3 Å². The van der Waals surface area contributed by atoms with Crippen LogP contribution >= 0.6 is 0 Å². The van der Waals surface area contributed by atoms with Crippen molar-refractivity contribution in [2.24, 2.45) is 0 Å². The molecule has 0 saturated heterocycles. The molecule has 2 rings (SSSR count). The molecule has 0 aliphatic carbocycles. The number of hydrogen-bond donors (Lipinski definition) is 4. The Hall–Kier alpha value is -2.83. The number of carbonyl (C=O) groups excluding carboxylic acids is 1. The SMILES string of the molecule is Nc1ccc(F)cc1NC(=O)c1cc(O)[nH]c(=O)c1. The van der Waals surface area contributed by atoms with Gasteiger partial charge in [-0.3, -0.25) is 14.6 Å². The zero-order valence-corrected chi connectivity index (χ0v) is 9.61. The second kappa shape index (κ2) is 4.81. The first-order valence-electron chi connectivity index (χ1n) is 5.25. The Morgan fingerprint density at radius 1 is 1.32 bits per heavy atom. The molecule has 1 heterocycles. The largest absolute Gasteiger partial charge is 0.494 e. The summed E-state index contributed by atoms with van der Waals surface area (Å²) in [4.78, 5) is 25.0. The Labute approximate surface area is 106 Å². The molecule has 0 saturated carbocycles. The third-order valence-corrected chi connectivity index (χ3v) is 2.36. The number of benzene rings is 1. The number of rotatable bonds is 2. The molecule has 0 aliphatic rings. The number of carbonyl (C=O) groups is 1. The fourth-order valence-corrected chi connectivity index (χ4v) is 1.49. The van der Waals surface area contributed by atoms with Gasteiger partial charge in [0.25, 0.3) is 11.5 Å². The Kier molecular flexibility index (Phi) is 3.19.